The molecule has 2 aromatic rings. The van der Waals surface area contributed by atoms with E-state index in [1.165, 1.54) is 0 Å². The number of rotatable bonds is 6. The summed E-state index contributed by atoms with van der Waals surface area (Å²) >= 11 is 0. The Balaban J connectivity index is 1.56. The number of carbonyl (C=O) groups excluding carboxylic acids is 4. The van der Waals surface area contributed by atoms with E-state index in [0.29, 0.717) is 30.4 Å². The van der Waals surface area contributed by atoms with Gasteiger partial charge in [0.15, 0.2) is 5.78 Å². The maximum atomic E-state index is 13.7. The van der Waals surface area contributed by atoms with Crippen molar-refractivity contribution in [1.29, 1.82) is 0 Å². The Morgan fingerprint density at radius 1 is 1.08 bits per heavy atom. The molecule has 0 radical (unpaired) electrons. The van der Waals surface area contributed by atoms with Crippen LogP contribution in [0.1, 0.15) is 75.9 Å². The van der Waals surface area contributed by atoms with Crippen LogP contribution in [0.3, 0.4) is 0 Å². The molecule has 1 saturated carbocycles. The van der Waals surface area contributed by atoms with Gasteiger partial charge >= 0.3 is 12.1 Å². The second-order valence-electron chi connectivity index (χ2n) is 10.8. The van der Waals surface area contributed by atoms with Crippen molar-refractivity contribution in [2.75, 3.05) is 13.2 Å². The average Bonchev–Trinajstić information content (AvgIpc) is 3.43. The van der Waals surface area contributed by atoms with Crippen molar-refractivity contribution in [1.82, 2.24) is 4.90 Å². The number of ketones is 2. The molecule has 0 spiro atoms. The Morgan fingerprint density at radius 3 is 2.47 bits per heavy atom. The van der Waals surface area contributed by atoms with Crippen molar-refractivity contribution in [3.63, 3.8) is 0 Å². The topological polar surface area (TPSA) is 103 Å². The van der Waals surface area contributed by atoms with Crippen LogP contribution < -0.4 is 0 Å². The minimum atomic E-state index is -0.664. The lowest BCUT2D eigenvalue weighted by molar-refractivity contribution is -0.125. The molecule has 1 aliphatic heterocycles. The monoisotopic (exact) mass is 497 g/mol. The Bertz CT molecular complexity index is 1150. The summed E-state index contributed by atoms with van der Waals surface area (Å²) in [4.78, 5) is 52.2. The van der Waals surface area contributed by atoms with Gasteiger partial charge in [-0.15, -0.1) is 0 Å². The van der Waals surface area contributed by atoms with Crippen LogP contribution in [-0.2, 0) is 25.5 Å². The minimum absolute atomic E-state index is 0.00573. The highest BCUT2D eigenvalue weighted by atomic mass is 16.6. The summed E-state index contributed by atoms with van der Waals surface area (Å²) < 4.78 is 16.2. The number of Topliss-reactive ketones (excluding diaryl/α,β-unsaturated/α-hetero) is 2. The van der Waals surface area contributed by atoms with Gasteiger partial charge in [0.1, 0.15) is 17.0 Å². The predicted octanol–water partition coefficient (Wildman–Crippen LogP) is 5.11. The van der Waals surface area contributed by atoms with E-state index in [1.807, 2.05) is 26.8 Å². The SMILES string of the molecule is CCOC(=O)c1cc2cc(CC(=O)[C@H]3[C@@H](C4CCC(=O)CC4)CCN3C(=O)OC(C)(C)C)ccc2o1. The summed E-state index contributed by atoms with van der Waals surface area (Å²) in [5, 5.41) is 0.709. The molecule has 1 aromatic heterocycles. The Labute approximate surface area is 211 Å². The number of hydrogen-bond acceptors (Lipinski definition) is 7. The van der Waals surface area contributed by atoms with Crippen LogP contribution in [-0.4, -0.2) is 53.3 Å². The van der Waals surface area contributed by atoms with Crippen LogP contribution in [0.4, 0.5) is 4.79 Å². The quantitative estimate of drug-likeness (QED) is 0.511. The fourth-order valence-corrected chi connectivity index (χ4v) is 5.45. The third kappa shape index (κ3) is 5.79. The number of hydrogen-bond donors (Lipinski definition) is 0. The van der Waals surface area contributed by atoms with E-state index >= 15 is 0 Å². The summed E-state index contributed by atoms with van der Waals surface area (Å²) in [6.45, 7) is 7.88. The first-order chi connectivity index (χ1) is 17.1. The highest BCUT2D eigenvalue weighted by molar-refractivity contribution is 5.94. The molecule has 4 rings (SSSR count). The van der Waals surface area contributed by atoms with Gasteiger partial charge in [-0.05, 0) is 82.6 Å². The molecule has 0 N–H and O–H groups in total. The summed E-state index contributed by atoms with van der Waals surface area (Å²) in [7, 11) is 0. The molecule has 2 fully saturated rings. The molecule has 0 bridgehead atoms. The number of nitrogens with zero attached hydrogens (tertiary/aromatic N) is 1. The van der Waals surface area contributed by atoms with Crippen LogP contribution in [0.2, 0.25) is 0 Å². The zero-order valence-electron chi connectivity index (χ0n) is 21.5. The first kappa shape index (κ1) is 25.9. The Morgan fingerprint density at radius 2 is 1.81 bits per heavy atom. The van der Waals surface area contributed by atoms with E-state index in [1.54, 1.807) is 30.0 Å². The molecule has 2 aliphatic rings. The van der Waals surface area contributed by atoms with Gasteiger partial charge in [0.05, 0.1) is 12.6 Å². The number of amides is 1. The lowest BCUT2D eigenvalue weighted by Crippen LogP contribution is -2.47. The average molecular weight is 498 g/mol. The molecule has 36 heavy (non-hydrogen) atoms. The zero-order valence-corrected chi connectivity index (χ0v) is 21.5. The minimum Gasteiger partial charge on any atom is -0.460 e. The predicted molar refractivity (Wildman–Crippen MR) is 133 cm³/mol. The van der Waals surface area contributed by atoms with Crippen LogP contribution in [0.5, 0.6) is 0 Å². The smallest absolute Gasteiger partial charge is 0.410 e. The molecule has 1 amide bonds. The van der Waals surface area contributed by atoms with Gasteiger partial charge in [0, 0.05) is 31.2 Å². The van der Waals surface area contributed by atoms with Crippen LogP contribution in [0, 0.1) is 11.8 Å². The zero-order chi connectivity index (χ0) is 26.0. The first-order valence-electron chi connectivity index (χ1n) is 12.8. The Hall–Kier alpha value is -3.16. The van der Waals surface area contributed by atoms with Gasteiger partial charge in [0.2, 0.25) is 5.76 Å². The molecule has 1 aromatic carbocycles. The molecule has 8 heteroatoms. The number of esters is 1. The van der Waals surface area contributed by atoms with E-state index in [4.69, 9.17) is 13.9 Å². The third-order valence-electron chi connectivity index (χ3n) is 7.03. The summed E-state index contributed by atoms with van der Waals surface area (Å²) in [5.41, 5.74) is 0.649. The molecular formula is C28H35NO7. The van der Waals surface area contributed by atoms with Crippen molar-refractivity contribution >= 4 is 34.6 Å². The van der Waals surface area contributed by atoms with E-state index < -0.39 is 23.7 Å². The van der Waals surface area contributed by atoms with Crippen LogP contribution in [0.15, 0.2) is 28.7 Å². The lowest BCUT2D eigenvalue weighted by Gasteiger charge is -2.34. The number of likely N-dealkylation sites (tertiary alicyclic amines) is 1. The fraction of sp³-hybridized carbons (Fsp3) is 0.571. The molecule has 0 unspecified atom stereocenters. The molecule has 1 saturated heterocycles. The number of furan rings is 1. The van der Waals surface area contributed by atoms with Crippen LogP contribution >= 0.6 is 0 Å². The van der Waals surface area contributed by atoms with E-state index in [9.17, 15) is 19.2 Å². The fourth-order valence-electron chi connectivity index (χ4n) is 5.45. The van der Waals surface area contributed by atoms with E-state index in [-0.39, 0.29) is 42.2 Å². The number of benzene rings is 1. The van der Waals surface area contributed by atoms with Crippen molar-refractivity contribution in [3.05, 3.63) is 35.6 Å². The van der Waals surface area contributed by atoms with Gasteiger partial charge in [-0.3, -0.25) is 14.5 Å². The van der Waals surface area contributed by atoms with Gasteiger partial charge in [-0.1, -0.05) is 6.07 Å². The third-order valence-corrected chi connectivity index (χ3v) is 7.03. The molecule has 1 aliphatic carbocycles. The molecule has 8 nitrogen and oxygen atoms in total. The molecule has 2 atom stereocenters. The highest BCUT2D eigenvalue weighted by Crippen LogP contribution is 2.39. The van der Waals surface area contributed by atoms with Crippen molar-refractivity contribution in [3.8, 4) is 0 Å². The maximum absolute atomic E-state index is 13.7. The Kier molecular flexibility index (Phi) is 7.52. The summed E-state index contributed by atoms with van der Waals surface area (Å²) in [6.07, 6.45) is 2.98. The van der Waals surface area contributed by atoms with E-state index in [2.05, 4.69) is 0 Å². The standard InChI is InChI=1S/C28H35NO7/c1-5-34-26(32)24-16-19-14-17(6-11-23(19)35-24)15-22(31)25-21(18-7-9-20(30)10-8-18)12-13-29(25)27(33)36-28(2,3)4/h6,11,14,16,18,21,25H,5,7-10,12-13,15H2,1-4H3/t21-,25-/m1/s1. The van der Waals surface area contributed by atoms with Gasteiger partial charge in [-0.2, -0.15) is 0 Å². The van der Waals surface area contributed by atoms with Crippen molar-refractivity contribution in [2.45, 2.75) is 77.9 Å². The van der Waals surface area contributed by atoms with Gasteiger partial charge < -0.3 is 13.9 Å². The van der Waals surface area contributed by atoms with Crippen molar-refractivity contribution in [2.24, 2.45) is 11.8 Å². The van der Waals surface area contributed by atoms with Gasteiger partial charge in [-0.25, -0.2) is 9.59 Å². The molecular weight excluding hydrogens is 462 g/mol. The van der Waals surface area contributed by atoms with Crippen LogP contribution in [0.25, 0.3) is 11.0 Å². The maximum Gasteiger partial charge on any atom is 0.410 e. The molecule has 194 valence electrons. The number of ether oxygens (including phenoxy) is 2. The normalized spacial score (nSPS) is 21.1. The summed E-state index contributed by atoms with van der Waals surface area (Å²) in [6, 6.07) is 6.41. The summed E-state index contributed by atoms with van der Waals surface area (Å²) in [5.74, 6) is 0.0485. The van der Waals surface area contributed by atoms with E-state index in [0.717, 1.165) is 24.8 Å². The second kappa shape index (κ2) is 10.4. The number of carbonyl (C=O) groups is 4. The highest BCUT2D eigenvalue weighted by Gasteiger charge is 2.46. The molecule has 2 heterocycles. The largest absolute Gasteiger partial charge is 0.460 e. The van der Waals surface area contributed by atoms with Crippen molar-refractivity contribution < 1.29 is 33.1 Å². The van der Waals surface area contributed by atoms with Gasteiger partial charge in [0.25, 0.3) is 0 Å². The first-order valence-corrected chi connectivity index (χ1v) is 12.8. The second-order valence-corrected chi connectivity index (χ2v) is 10.8. The lowest BCUT2D eigenvalue weighted by atomic mass is 9.75. The number of fused-ring (bicyclic) bond motifs is 1.